The summed E-state index contributed by atoms with van der Waals surface area (Å²) >= 11 is 0. The van der Waals surface area contributed by atoms with Crippen LogP contribution in [0, 0.1) is 5.41 Å². The molecule has 0 atom stereocenters. The molecule has 1 aliphatic carbocycles. The monoisotopic (exact) mass is 255 g/mol. The molecule has 2 rings (SSSR count). The van der Waals surface area contributed by atoms with Crippen molar-refractivity contribution in [1.82, 2.24) is 5.32 Å². The van der Waals surface area contributed by atoms with Crippen LogP contribution in [-0.2, 0) is 14.3 Å². The second kappa shape index (κ2) is 5.17. The molecule has 4 heteroatoms. The van der Waals surface area contributed by atoms with E-state index in [0.29, 0.717) is 13.2 Å². The third-order valence-electron chi connectivity index (χ3n) is 4.39. The third-order valence-corrected chi connectivity index (χ3v) is 4.39. The molecule has 0 aromatic carbocycles. The Morgan fingerprint density at radius 2 is 1.83 bits per heavy atom. The minimum absolute atomic E-state index is 0.166. The topological polar surface area (TPSA) is 47.6 Å². The second-order valence-electron chi connectivity index (χ2n) is 6.09. The van der Waals surface area contributed by atoms with E-state index in [-0.39, 0.29) is 23.2 Å². The molecule has 18 heavy (non-hydrogen) atoms. The highest BCUT2D eigenvalue weighted by Gasteiger charge is 2.41. The van der Waals surface area contributed by atoms with Crippen molar-refractivity contribution in [3.8, 4) is 0 Å². The van der Waals surface area contributed by atoms with E-state index in [0.717, 1.165) is 32.1 Å². The summed E-state index contributed by atoms with van der Waals surface area (Å²) in [6, 6.07) is 0.279. The maximum absolute atomic E-state index is 12.1. The molecule has 0 aromatic rings. The fourth-order valence-electron chi connectivity index (χ4n) is 2.53. The van der Waals surface area contributed by atoms with Crippen molar-refractivity contribution >= 4 is 5.91 Å². The van der Waals surface area contributed by atoms with Crippen LogP contribution in [0.3, 0.4) is 0 Å². The van der Waals surface area contributed by atoms with Gasteiger partial charge >= 0.3 is 0 Å². The van der Waals surface area contributed by atoms with Crippen LogP contribution in [0.25, 0.3) is 0 Å². The van der Waals surface area contributed by atoms with Crippen molar-refractivity contribution in [2.24, 2.45) is 5.41 Å². The van der Waals surface area contributed by atoms with Crippen LogP contribution >= 0.6 is 0 Å². The van der Waals surface area contributed by atoms with Gasteiger partial charge in [0.2, 0.25) is 5.91 Å². The Bertz CT molecular complexity index is 298. The fraction of sp³-hybridized carbons (Fsp3) is 0.929. The van der Waals surface area contributed by atoms with Crippen molar-refractivity contribution in [2.45, 2.75) is 64.7 Å². The van der Waals surface area contributed by atoms with Gasteiger partial charge < -0.3 is 14.8 Å². The molecule has 0 radical (unpaired) electrons. The zero-order valence-electron chi connectivity index (χ0n) is 11.8. The lowest BCUT2D eigenvalue weighted by atomic mass is 9.86. The summed E-state index contributed by atoms with van der Waals surface area (Å²) in [5.41, 5.74) is -0.268. The van der Waals surface area contributed by atoms with E-state index in [1.807, 2.05) is 13.8 Å². The van der Waals surface area contributed by atoms with Gasteiger partial charge in [-0.05, 0) is 19.3 Å². The van der Waals surface area contributed by atoms with Gasteiger partial charge in [0.25, 0.3) is 0 Å². The number of amides is 1. The van der Waals surface area contributed by atoms with Gasteiger partial charge in [-0.15, -0.1) is 0 Å². The molecule has 4 nitrogen and oxygen atoms in total. The molecule has 1 N–H and O–H groups in total. The summed E-state index contributed by atoms with van der Waals surface area (Å²) in [5, 5.41) is 3.17. The average Bonchev–Trinajstić information content (AvgIpc) is 2.81. The van der Waals surface area contributed by atoms with Crippen LogP contribution in [-0.4, -0.2) is 30.9 Å². The molecular formula is C14H25NO3. The molecule has 1 saturated heterocycles. The van der Waals surface area contributed by atoms with E-state index in [2.05, 4.69) is 12.2 Å². The number of carbonyl (C=O) groups excluding carboxylic acids is 1. The Balaban J connectivity index is 1.82. The Labute approximate surface area is 109 Å². The third kappa shape index (κ3) is 2.86. The van der Waals surface area contributed by atoms with Crippen molar-refractivity contribution in [2.75, 3.05) is 13.2 Å². The van der Waals surface area contributed by atoms with E-state index in [1.54, 1.807) is 0 Å². The van der Waals surface area contributed by atoms with Crippen molar-refractivity contribution < 1.29 is 14.3 Å². The van der Waals surface area contributed by atoms with Gasteiger partial charge in [-0.25, -0.2) is 0 Å². The van der Waals surface area contributed by atoms with Crippen molar-refractivity contribution in [1.29, 1.82) is 0 Å². The van der Waals surface area contributed by atoms with Gasteiger partial charge in [0, 0.05) is 24.3 Å². The first-order valence-electron chi connectivity index (χ1n) is 7.06. The molecule has 104 valence electrons. The lowest BCUT2D eigenvalue weighted by molar-refractivity contribution is -0.180. The number of carbonyl (C=O) groups is 1. The minimum Gasteiger partial charge on any atom is -0.353 e. The molecule has 0 bridgehead atoms. The first-order valence-corrected chi connectivity index (χ1v) is 7.06. The van der Waals surface area contributed by atoms with Crippen LogP contribution in [0.1, 0.15) is 52.9 Å². The van der Waals surface area contributed by atoms with E-state index >= 15 is 0 Å². The van der Waals surface area contributed by atoms with Crippen LogP contribution in [0.4, 0.5) is 0 Å². The standard InChI is InChI=1S/C14H25NO3/c1-4-13(2,3)12(16)15-11-5-7-14(8-6-11)17-9-10-18-14/h11H,4-10H2,1-3H3,(H,15,16). The van der Waals surface area contributed by atoms with Crippen LogP contribution in [0.15, 0.2) is 0 Å². The normalized spacial score (nSPS) is 24.4. The zero-order chi connectivity index (χ0) is 13.2. The predicted molar refractivity (Wildman–Crippen MR) is 69.1 cm³/mol. The molecule has 1 aliphatic heterocycles. The van der Waals surface area contributed by atoms with E-state index in [9.17, 15) is 4.79 Å². The highest BCUT2D eigenvalue weighted by atomic mass is 16.7. The summed E-state index contributed by atoms with van der Waals surface area (Å²) in [4.78, 5) is 12.1. The van der Waals surface area contributed by atoms with E-state index < -0.39 is 0 Å². The molecule has 1 spiro atoms. The number of ether oxygens (including phenoxy) is 2. The zero-order valence-corrected chi connectivity index (χ0v) is 11.8. The van der Waals surface area contributed by atoms with Gasteiger partial charge in [-0.3, -0.25) is 4.79 Å². The first-order chi connectivity index (χ1) is 8.47. The molecule has 0 aromatic heterocycles. The molecule has 1 heterocycles. The Morgan fingerprint density at radius 1 is 1.28 bits per heavy atom. The smallest absolute Gasteiger partial charge is 0.225 e. The second-order valence-corrected chi connectivity index (χ2v) is 6.09. The maximum Gasteiger partial charge on any atom is 0.225 e. The summed E-state index contributed by atoms with van der Waals surface area (Å²) in [7, 11) is 0. The van der Waals surface area contributed by atoms with Crippen LogP contribution in [0.2, 0.25) is 0 Å². The Kier molecular flexibility index (Phi) is 3.97. The van der Waals surface area contributed by atoms with Gasteiger partial charge in [0.1, 0.15) is 0 Å². The summed E-state index contributed by atoms with van der Waals surface area (Å²) < 4.78 is 11.4. The van der Waals surface area contributed by atoms with Gasteiger partial charge in [-0.2, -0.15) is 0 Å². The highest BCUT2D eigenvalue weighted by molar-refractivity contribution is 5.81. The van der Waals surface area contributed by atoms with E-state index in [1.165, 1.54) is 0 Å². The van der Waals surface area contributed by atoms with Crippen LogP contribution in [0.5, 0.6) is 0 Å². The maximum atomic E-state index is 12.1. The Hall–Kier alpha value is -0.610. The van der Waals surface area contributed by atoms with Crippen LogP contribution < -0.4 is 5.32 Å². The average molecular weight is 255 g/mol. The molecular weight excluding hydrogens is 230 g/mol. The highest BCUT2D eigenvalue weighted by Crippen LogP contribution is 2.36. The largest absolute Gasteiger partial charge is 0.353 e. The predicted octanol–water partition coefficient (Wildman–Crippen LogP) is 2.22. The number of rotatable bonds is 3. The molecule has 1 saturated carbocycles. The van der Waals surface area contributed by atoms with Gasteiger partial charge in [0.15, 0.2) is 5.79 Å². The SMILES string of the molecule is CCC(C)(C)C(=O)NC1CCC2(CC1)OCCO2. The molecule has 2 aliphatic rings. The van der Waals surface area contributed by atoms with Gasteiger partial charge in [0.05, 0.1) is 13.2 Å². The van der Waals surface area contributed by atoms with Gasteiger partial charge in [-0.1, -0.05) is 20.8 Å². The molecule has 2 fully saturated rings. The number of hydrogen-bond acceptors (Lipinski definition) is 3. The lowest BCUT2D eigenvalue weighted by Gasteiger charge is -2.36. The summed E-state index contributed by atoms with van der Waals surface area (Å²) in [6.45, 7) is 7.46. The van der Waals surface area contributed by atoms with Crippen molar-refractivity contribution in [3.63, 3.8) is 0 Å². The molecule has 1 amide bonds. The summed E-state index contributed by atoms with van der Waals surface area (Å²) in [5.74, 6) is -0.166. The first kappa shape index (κ1) is 13.8. The number of nitrogens with one attached hydrogen (secondary N) is 1. The van der Waals surface area contributed by atoms with Crippen molar-refractivity contribution in [3.05, 3.63) is 0 Å². The molecule has 0 unspecified atom stereocenters. The Morgan fingerprint density at radius 3 is 2.33 bits per heavy atom. The summed E-state index contributed by atoms with van der Waals surface area (Å²) in [6.07, 6.45) is 4.55. The fourth-order valence-corrected chi connectivity index (χ4v) is 2.53. The number of hydrogen-bond donors (Lipinski definition) is 1. The van der Waals surface area contributed by atoms with E-state index in [4.69, 9.17) is 9.47 Å². The minimum atomic E-state index is -0.332. The lowest BCUT2D eigenvalue weighted by Crippen LogP contribution is -2.47. The quantitative estimate of drug-likeness (QED) is 0.841.